The van der Waals surface area contributed by atoms with E-state index in [-0.39, 0.29) is 23.1 Å². The van der Waals surface area contributed by atoms with E-state index in [4.69, 9.17) is 42.4 Å². The van der Waals surface area contributed by atoms with Gasteiger partial charge in [-0.2, -0.15) is 0 Å². The van der Waals surface area contributed by atoms with Crippen LogP contribution in [0.5, 0.6) is 0 Å². The van der Waals surface area contributed by atoms with Crippen molar-refractivity contribution in [2.45, 2.75) is 12.8 Å². The van der Waals surface area contributed by atoms with Crippen LogP contribution in [0.2, 0.25) is 0 Å². The largest absolute Gasteiger partial charge is 2.00 e. The molecule has 0 saturated carbocycles. The minimum Gasteiger partial charge on any atom is -0.395 e. The second kappa shape index (κ2) is 20.0. The number of hydrogen-bond donors (Lipinski definition) is 1. The quantitative estimate of drug-likeness (QED) is 0.320. The molecule has 1 aliphatic heterocycles. The first-order valence-corrected chi connectivity index (χ1v) is 11.7. The van der Waals surface area contributed by atoms with Crippen molar-refractivity contribution >= 4 is 0 Å². The van der Waals surface area contributed by atoms with Crippen LogP contribution in [0.4, 0.5) is 0 Å². The zero-order chi connectivity index (χ0) is 23.8. The van der Waals surface area contributed by atoms with Gasteiger partial charge in [0.15, 0.2) is 0 Å². The second-order valence-electron chi connectivity index (χ2n) is 6.94. The summed E-state index contributed by atoms with van der Waals surface area (Å²) in [6.45, 7) is 10.1. The Morgan fingerprint density at radius 3 is 1.19 bits per heavy atom. The number of likely N-dealkylation sites (N-methyl/N-ethyl adjacent to an activating group) is 3. The van der Waals surface area contributed by atoms with Crippen LogP contribution in [0.25, 0.3) is 0 Å². The molecule has 0 aromatic carbocycles. The summed E-state index contributed by atoms with van der Waals surface area (Å²) in [4.78, 5) is 9.66. The average Bonchev–Trinajstić information content (AvgIpc) is 2.54. The third-order valence-corrected chi connectivity index (χ3v) is 4.17. The van der Waals surface area contributed by atoms with Crippen molar-refractivity contribution in [1.29, 1.82) is 0 Å². The van der Waals surface area contributed by atoms with Gasteiger partial charge in [-0.05, 0) is 60.2 Å². The molecule has 0 amide bonds. The van der Waals surface area contributed by atoms with Crippen molar-refractivity contribution in [3.63, 3.8) is 0 Å². The van der Waals surface area contributed by atoms with Crippen LogP contribution in [0.15, 0.2) is 0 Å². The molecule has 0 unspecified atom stereocenters. The zero-order valence-electron chi connectivity index (χ0n) is 18.1. The standard InChI is InChI=1S/C15H34N4O.2ClHO4.Ni/c1-16-6-4-7-18(3)12-13-19(14-15-20)9-5-8-17(2)11-10-16;2*2-1(3,4)5;/h20H,4-15H2,1-3H3;2*(H,2,3,4,5);/q;;;+2/p-2. The van der Waals surface area contributed by atoms with Crippen LogP contribution < -0.4 is 37.3 Å². The summed E-state index contributed by atoms with van der Waals surface area (Å²) in [6.07, 6.45) is 2.42. The summed E-state index contributed by atoms with van der Waals surface area (Å²) in [6, 6.07) is 0. The van der Waals surface area contributed by atoms with Crippen LogP contribution in [0.3, 0.4) is 0 Å². The molecule has 1 heterocycles. The Labute approximate surface area is 198 Å². The molecule has 1 saturated heterocycles. The molecule has 0 aromatic heterocycles. The first-order chi connectivity index (χ1) is 13.6. The molecule has 31 heavy (non-hydrogen) atoms. The summed E-state index contributed by atoms with van der Waals surface area (Å²) in [7, 11) is -3.25. The molecule has 1 aliphatic rings. The van der Waals surface area contributed by atoms with E-state index in [2.05, 4.69) is 40.7 Å². The van der Waals surface area contributed by atoms with Gasteiger partial charge < -0.3 is 19.8 Å². The predicted molar refractivity (Wildman–Crippen MR) is 85.3 cm³/mol. The predicted octanol–water partition coefficient (Wildman–Crippen LogP) is -9.64. The molecule has 1 rings (SSSR count). The van der Waals surface area contributed by atoms with E-state index < -0.39 is 20.5 Å². The van der Waals surface area contributed by atoms with Gasteiger partial charge >= 0.3 is 16.5 Å². The first kappa shape index (κ1) is 36.1. The maximum absolute atomic E-state index is 9.17. The van der Waals surface area contributed by atoms with E-state index in [1.165, 1.54) is 19.4 Å². The molecule has 0 atom stereocenters. The smallest absolute Gasteiger partial charge is 0.395 e. The normalized spacial score (nSPS) is 19.7. The van der Waals surface area contributed by atoms with Crippen LogP contribution in [-0.4, -0.2) is 111 Å². The molecule has 0 aliphatic carbocycles. The van der Waals surface area contributed by atoms with Gasteiger partial charge in [0.1, 0.15) is 0 Å². The van der Waals surface area contributed by atoms with Gasteiger partial charge in [-0.15, -0.1) is 20.5 Å². The number of hydrogen-bond acceptors (Lipinski definition) is 13. The average molecular weight is 544 g/mol. The van der Waals surface area contributed by atoms with Crippen molar-refractivity contribution in [3.05, 3.63) is 0 Å². The summed E-state index contributed by atoms with van der Waals surface area (Å²) >= 11 is 0. The summed E-state index contributed by atoms with van der Waals surface area (Å²) in [5, 5.41) is 9.17. The van der Waals surface area contributed by atoms with Crippen LogP contribution in [-0.2, 0) is 16.5 Å². The second-order valence-corrected chi connectivity index (χ2v) is 8.45. The molecule has 0 spiro atoms. The topological polar surface area (TPSA) is 218 Å². The van der Waals surface area contributed by atoms with Crippen molar-refractivity contribution in [3.8, 4) is 0 Å². The van der Waals surface area contributed by atoms with E-state index in [9.17, 15) is 0 Å². The molecule has 0 aromatic rings. The Hall–Kier alpha value is 0.554. The Morgan fingerprint density at radius 1 is 0.581 bits per heavy atom. The number of nitrogens with zero attached hydrogens (tertiary/aromatic N) is 4. The van der Waals surface area contributed by atoms with E-state index in [0.29, 0.717) is 0 Å². The number of rotatable bonds is 2. The van der Waals surface area contributed by atoms with E-state index in [0.717, 1.165) is 52.4 Å². The Bertz CT molecular complexity index is 386. The summed E-state index contributed by atoms with van der Waals surface area (Å²) in [5.74, 6) is 0. The van der Waals surface area contributed by atoms with Crippen molar-refractivity contribution in [2.75, 3.05) is 86.7 Å². The fourth-order valence-electron chi connectivity index (χ4n) is 2.64. The minimum atomic E-state index is -4.94. The van der Waals surface area contributed by atoms with Gasteiger partial charge in [0.2, 0.25) is 0 Å². The van der Waals surface area contributed by atoms with Crippen LogP contribution >= 0.6 is 0 Å². The monoisotopic (exact) mass is 542 g/mol. The van der Waals surface area contributed by atoms with Crippen LogP contribution in [0.1, 0.15) is 12.8 Å². The van der Waals surface area contributed by atoms with Crippen molar-refractivity contribution in [1.82, 2.24) is 19.6 Å². The Balaban J connectivity index is -0.000000595. The molecule has 0 bridgehead atoms. The Morgan fingerprint density at radius 2 is 0.871 bits per heavy atom. The molecule has 13 nitrogen and oxygen atoms in total. The number of aliphatic hydroxyl groups is 1. The molecule has 0 radical (unpaired) electrons. The van der Waals surface area contributed by atoms with E-state index in [1.54, 1.807) is 0 Å². The summed E-state index contributed by atoms with van der Waals surface area (Å²) < 4.78 is 67.9. The molecule has 1 fully saturated rings. The maximum Gasteiger partial charge on any atom is 2.00 e. The van der Waals surface area contributed by atoms with Gasteiger partial charge in [-0.1, -0.05) is 0 Å². The number of aliphatic hydroxyl groups excluding tert-OH is 1. The van der Waals surface area contributed by atoms with Crippen molar-refractivity contribution in [2.24, 2.45) is 0 Å². The molecule has 192 valence electrons. The Kier molecular flexibility index (Phi) is 23.3. The van der Waals surface area contributed by atoms with Gasteiger partial charge in [0.05, 0.1) is 6.61 Å². The minimum absolute atomic E-state index is 0. The summed E-state index contributed by atoms with van der Waals surface area (Å²) in [5.41, 5.74) is 0. The molecular formula is C15H34Cl2N4NiO9. The van der Waals surface area contributed by atoms with E-state index in [1.807, 2.05) is 0 Å². The van der Waals surface area contributed by atoms with Crippen molar-refractivity contribution < 1.29 is 79.4 Å². The van der Waals surface area contributed by atoms with E-state index >= 15 is 0 Å². The van der Waals surface area contributed by atoms with Gasteiger partial charge in [0.25, 0.3) is 0 Å². The van der Waals surface area contributed by atoms with Gasteiger partial charge in [-0.3, -0.25) is 4.90 Å². The third kappa shape index (κ3) is 38.1. The number of halogens is 2. The number of β-amino-alcohol motifs (C(OH)–C–C–N with tert-alkyl or cyclic N) is 1. The molecule has 16 heteroatoms. The zero-order valence-corrected chi connectivity index (χ0v) is 20.6. The molecular weight excluding hydrogens is 510 g/mol. The molecule has 1 N–H and O–H groups in total. The fraction of sp³-hybridized carbons (Fsp3) is 1.00. The first-order valence-electron chi connectivity index (χ1n) is 9.24. The fourth-order valence-corrected chi connectivity index (χ4v) is 2.64. The third-order valence-electron chi connectivity index (χ3n) is 4.17. The van der Waals surface area contributed by atoms with Gasteiger partial charge in [-0.25, -0.2) is 37.3 Å². The van der Waals surface area contributed by atoms with Crippen LogP contribution in [0, 0.1) is 20.5 Å². The maximum atomic E-state index is 9.17. The SMILES string of the molecule is CN1CCCN(C)CCN(CCO)CCCN(C)CC1.[Ni+2].[O-][Cl+3]([O-])([O-])[O-].[O-][Cl+3]([O-])([O-])[O-]. The van der Waals surface area contributed by atoms with Gasteiger partial charge in [0, 0.05) is 32.7 Å².